The zero-order valence-electron chi connectivity index (χ0n) is 14.7. The summed E-state index contributed by atoms with van der Waals surface area (Å²) in [5.41, 5.74) is 0. The van der Waals surface area contributed by atoms with Gasteiger partial charge in [0.25, 0.3) is 0 Å². The molecule has 2 rings (SSSR count). The lowest BCUT2D eigenvalue weighted by atomic mass is 10.00. The Hall–Kier alpha value is -1.31. The Balaban J connectivity index is 2.26. The van der Waals surface area contributed by atoms with Gasteiger partial charge in [0.2, 0.25) is 10.0 Å². The predicted molar refractivity (Wildman–Crippen MR) is 94.2 cm³/mol. The van der Waals surface area contributed by atoms with Crippen molar-refractivity contribution in [3.8, 4) is 11.5 Å². The van der Waals surface area contributed by atoms with E-state index in [-0.39, 0.29) is 4.90 Å². The molecule has 0 radical (unpaired) electrons. The van der Waals surface area contributed by atoms with Gasteiger partial charge >= 0.3 is 0 Å². The van der Waals surface area contributed by atoms with Gasteiger partial charge in [-0.05, 0) is 58.3 Å². The van der Waals surface area contributed by atoms with Crippen LogP contribution in [0.25, 0.3) is 0 Å². The van der Waals surface area contributed by atoms with Crippen LogP contribution in [0.15, 0.2) is 23.1 Å². The lowest BCUT2D eigenvalue weighted by Gasteiger charge is -2.32. The molecule has 1 fully saturated rings. The minimum absolute atomic E-state index is 0.263. The van der Waals surface area contributed by atoms with E-state index in [4.69, 9.17) is 9.47 Å². The maximum Gasteiger partial charge on any atom is 0.243 e. The van der Waals surface area contributed by atoms with Crippen molar-refractivity contribution in [1.29, 1.82) is 0 Å². The molecule has 1 N–H and O–H groups in total. The molecule has 0 spiro atoms. The molecule has 1 aliphatic rings. The fraction of sp³-hybridized carbons (Fsp3) is 0.647. The van der Waals surface area contributed by atoms with E-state index in [1.165, 1.54) is 0 Å². The van der Waals surface area contributed by atoms with E-state index >= 15 is 0 Å². The zero-order valence-corrected chi connectivity index (χ0v) is 15.6. The van der Waals surface area contributed by atoms with E-state index in [1.807, 2.05) is 20.9 Å². The minimum Gasteiger partial charge on any atom is -0.490 e. The number of piperidine rings is 1. The monoisotopic (exact) mass is 356 g/mol. The second-order valence-corrected chi connectivity index (χ2v) is 7.84. The van der Waals surface area contributed by atoms with Crippen molar-refractivity contribution in [2.75, 3.05) is 39.9 Å². The Morgan fingerprint density at radius 3 is 2.58 bits per heavy atom. The van der Waals surface area contributed by atoms with Gasteiger partial charge in [0.05, 0.1) is 18.1 Å². The van der Waals surface area contributed by atoms with Gasteiger partial charge < -0.3 is 14.8 Å². The van der Waals surface area contributed by atoms with Gasteiger partial charge in [0, 0.05) is 19.2 Å². The first-order chi connectivity index (χ1) is 11.5. The van der Waals surface area contributed by atoms with Gasteiger partial charge in [0.1, 0.15) is 0 Å². The molecule has 24 heavy (non-hydrogen) atoms. The quantitative estimate of drug-likeness (QED) is 0.773. The third-order valence-corrected chi connectivity index (χ3v) is 5.99. The first-order valence-corrected chi connectivity index (χ1v) is 10.0. The van der Waals surface area contributed by atoms with Gasteiger partial charge in [-0.2, -0.15) is 4.31 Å². The number of sulfonamides is 1. The smallest absolute Gasteiger partial charge is 0.243 e. The van der Waals surface area contributed by atoms with Crippen LogP contribution in [-0.2, 0) is 10.0 Å². The molecular formula is C17H28N2O4S. The van der Waals surface area contributed by atoms with Crippen LogP contribution in [0.3, 0.4) is 0 Å². The van der Waals surface area contributed by atoms with E-state index in [9.17, 15) is 8.42 Å². The van der Waals surface area contributed by atoms with Gasteiger partial charge in [0.15, 0.2) is 11.5 Å². The summed E-state index contributed by atoms with van der Waals surface area (Å²) in [6, 6.07) is 4.85. The summed E-state index contributed by atoms with van der Waals surface area (Å²) in [6.07, 6.45) is 1.95. The Morgan fingerprint density at radius 2 is 1.92 bits per heavy atom. The van der Waals surface area contributed by atoms with Crippen molar-refractivity contribution in [3.05, 3.63) is 18.2 Å². The summed E-state index contributed by atoms with van der Waals surface area (Å²) in [6.45, 7) is 6.67. The SMILES string of the molecule is CCOc1ccc(S(=O)(=O)N2CCC[C@@H](CNC)C2)cc1OCC. The number of rotatable bonds is 8. The molecule has 7 heteroatoms. The number of hydrogen-bond donors (Lipinski definition) is 1. The van der Waals surface area contributed by atoms with Crippen molar-refractivity contribution in [1.82, 2.24) is 9.62 Å². The van der Waals surface area contributed by atoms with Gasteiger partial charge in [-0.15, -0.1) is 0 Å². The summed E-state index contributed by atoms with van der Waals surface area (Å²) in [5, 5.41) is 3.14. The number of nitrogens with zero attached hydrogens (tertiary/aromatic N) is 1. The summed E-state index contributed by atoms with van der Waals surface area (Å²) in [7, 11) is -1.62. The first kappa shape index (κ1) is 19.0. The average Bonchev–Trinajstić information content (AvgIpc) is 2.57. The topological polar surface area (TPSA) is 67.9 Å². The van der Waals surface area contributed by atoms with Crippen LogP contribution >= 0.6 is 0 Å². The minimum atomic E-state index is -3.52. The number of nitrogens with one attached hydrogen (secondary N) is 1. The maximum atomic E-state index is 13.0. The molecule has 0 amide bonds. The highest BCUT2D eigenvalue weighted by Gasteiger charge is 2.30. The fourth-order valence-electron chi connectivity index (χ4n) is 3.04. The molecule has 0 aromatic heterocycles. The van der Waals surface area contributed by atoms with Crippen molar-refractivity contribution in [2.24, 2.45) is 5.92 Å². The predicted octanol–water partition coefficient (Wildman–Crippen LogP) is 2.10. The van der Waals surface area contributed by atoms with E-state index in [2.05, 4.69) is 5.32 Å². The molecule has 0 saturated carbocycles. The highest BCUT2D eigenvalue weighted by molar-refractivity contribution is 7.89. The van der Waals surface area contributed by atoms with E-state index in [0.29, 0.717) is 43.7 Å². The molecule has 1 aromatic rings. The highest BCUT2D eigenvalue weighted by atomic mass is 32.2. The van der Waals surface area contributed by atoms with Crippen molar-refractivity contribution in [3.63, 3.8) is 0 Å². The highest BCUT2D eigenvalue weighted by Crippen LogP contribution is 2.32. The molecule has 0 aliphatic carbocycles. The lowest BCUT2D eigenvalue weighted by molar-refractivity contribution is 0.263. The summed E-state index contributed by atoms with van der Waals surface area (Å²) in [5.74, 6) is 1.40. The van der Waals surface area contributed by atoms with Crippen LogP contribution in [-0.4, -0.2) is 52.6 Å². The lowest BCUT2D eigenvalue weighted by Crippen LogP contribution is -2.42. The summed E-state index contributed by atoms with van der Waals surface area (Å²) < 4.78 is 38.6. The zero-order chi connectivity index (χ0) is 17.6. The van der Waals surface area contributed by atoms with Crippen molar-refractivity contribution >= 4 is 10.0 Å². The van der Waals surface area contributed by atoms with E-state index in [1.54, 1.807) is 22.5 Å². The van der Waals surface area contributed by atoms with Crippen LogP contribution in [0.5, 0.6) is 11.5 Å². The van der Waals surface area contributed by atoms with Crippen LogP contribution in [0.1, 0.15) is 26.7 Å². The van der Waals surface area contributed by atoms with Crippen LogP contribution in [0.2, 0.25) is 0 Å². The molecule has 0 bridgehead atoms. The maximum absolute atomic E-state index is 13.0. The molecule has 1 saturated heterocycles. The number of ether oxygens (including phenoxy) is 2. The van der Waals surface area contributed by atoms with Crippen LogP contribution in [0, 0.1) is 5.92 Å². The first-order valence-electron chi connectivity index (χ1n) is 8.57. The third-order valence-electron chi connectivity index (χ3n) is 4.13. The molecule has 0 unspecified atom stereocenters. The standard InChI is InChI=1S/C17H28N2O4S/c1-4-22-16-9-8-15(11-17(16)23-5-2)24(20,21)19-10-6-7-14(13-19)12-18-3/h8-9,11,14,18H,4-7,10,12-13H2,1-3H3/t14-/m0/s1. The van der Waals surface area contributed by atoms with E-state index < -0.39 is 10.0 Å². The van der Waals surface area contributed by atoms with Gasteiger partial charge in [-0.25, -0.2) is 8.42 Å². The number of hydrogen-bond acceptors (Lipinski definition) is 5. The fourth-order valence-corrected chi connectivity index (χ4v) is 4.61. The molecule has 1 aliphatic heterocycles. The Labute approximate surface area is 145 Å². The largest absolute Gasteiger partial charge is 0.490 e. The number of benzene rings is 1. The van der Waals surface area contributed by atoms with Gasteiger partial charge in [-0.1, -0.05) is 0 Å². The third kappa shape index (κ3) is 4.40. The molecule has 1 atom stereocenters. The molecule has 136 valence electrons. The average molecular weight is 356 g/mol. The summed E-state index contributed by atoms with van der Waals surface area (Å²) >= 11 is 0. The van der Waals surface area contributed by atoms with Crippen molar-refractivity contribution < 1.29 is 17.9 Å². The van der Waals surface area contributed by atoms with E-state index in [0.717, 1.165) is 19.4 Å². The summed E-state index contributed by atoms with van der Waals surface area (Å²) in [4.78, 5) is 0.263. The normalized spacial score (nSPS) is 19.2. The van der Waals surface area contributed by atoms with Crippen LogP contribution < -0.4 is 14.8 Å². The second kappa shape index (κ2) is 8.69. The Kier molecular flexibility index (Phi) is 6.89. The second-order valence-electron chi connectivity index (χ2n) is 5.90. The van der Waals surface area contributed by atoms with Crippen LogP contribution in [0.4, 0.5) is 0 Å². The van der Waals surface area contributed by atoms with Crippen molar-refractivity contribution in [2.45, 2.75) is 31.6 Å². The Bertz CT molecular complexity index is 631. The van der Waals surface area contributed by atoms with Gasteiger partial charge in [-0.3, -0.25) is 0 Å². The molecule has 1 heterocycles. The molecular weight excluding hydrogens is 328 g/mol. The Morgan fingerprint density at radius 1 is 1.21 bits per heavy atom. The molecule has 6 nitrogen and oxygen atoms in total. The molecule has 1 aromatic carbocycles.